The van der Waals surface area contributed by atoms with Gasteiger partial charge in [0.05, 0.1) is 4.90 Å². The average molecular weight is 335 g/mol. The monoisotopic (exact) mass is 335 g/mol. The highest BCUT2D eigenvalue weighted by molar-refractivity contribution is 7.93. The zero-order valence-electron chi connectivity index (χ0n) is 14.0. The number of aryl methyl sites for hydroxylation is 2. The molecule has 0 spiro atoms. The van der Waals surface area contributed by atoms with Gasteiger partial charge in [0.1, 0.15) is 0 Å². The van der Waals surface area contributed by atoms with Crippen LogP contribution >= 0.6 is 0 Å². The topological polar surface area (TPSA) is 54.5 Å². The molecule has 0 bridgehead atoms. The van der Waals surface area contributed by atoms with Crippen molar-refractivity contribution in [2.45, 2.75) is 62.0 Å². The number of carbonyl (C=O) groups is 1. The van der Waals surface area contributed by atoms with Gasteiger partial charge < -0.3 is 4.90 Å². The predicted octanol–water partition coefficient (Wildman–Crippen LogP) is 3.01. The minimum atomic E-state index is -3.68. The van der Waals surface area contributed by atoms with Crippen molar-refractivity contribution in [3.8, 4) is 0 Å². The van der Waals surface area contributed by atoms with Gasteiger partial charge >= 0.3 is 0 Å². The van der Waals surface area contributed by atoms with Crippen molar-refractivity contribution in [3.05, 3.63) is 29.3 Å². The fourth-order valence-corrected chi connectivity index (χ4v) is 6.40. The molecule has 0 atom stereocenters. The lowest BCUT2D eigenvalue weighted by molar-refractivity contribution is -0.132. The Hall–Kier alpha value is -1.36. The van der Waals surface area contributed by atoms with E-state index in [-0.39, 0.29) is 5.91 Å². The Kier molecular flexibility index (Phi) is 4.25. The van der Waals surface area contributed by atoms with E-state index >= 15 is 0 Å². The van der Waals surface area contributed by atoms with Gasteiger partial charge in [-0.05, 0) is 56.7 Å². The molecule has 2 aliphatic rings. The van der Waals surface area contributed by atoms with Gasteiger partial charge in [0.2, 0.25) is 5.91 Å². The standard InChI is InChI=1S/C18H25NO3S/c1-14-7-8-15(2)16(13-14)23(21,22)18(9-3-4-10-18)17(20)19-11-5-6-12-19/h7-8,13H,3-6,9-12H2,1-2H3. The molecule has 0 N–H and O–H groups in total. The number of sulfone groups is 1. The highest BCUT2D eigenvalue weighted by Gasteiger charge is 2.54. The number of hydrogen-bond donors (Lipinski definition) is 0. The summed E-state index contributed by atoms with van der Waals surface area (Å²) in [6.07, 6.45) is 4.49. The minimum Gasteiger partial charge on any atom is -0.341 e. The predicted molar refractivity (Wildman–Crippen MR) is 90.1 cm³/mol. The third-order valence-electron chi connectivity index (χ3n) is 5.34. The summed E-state index contributed by atoms with van der Waals surface area (Å²) in [7, 11) is -3.68. The first-order valence-electron chi connectivity index (χ1n) is 8.50. The Morgan fingerprint density at radius 1 is 1.04 bits per heavy atom. The van der Waals surface area contributed by atoms with Crippen LogP contribution in [0, 0.1) is 13.8 Å². The molecule has 1 aromatic carbocycles. The van der Waals surface area contributed by atoms with Crippen molar-refractivity contribution in [2.24, 2.45) is 0 Å². The highest BCUT2D eigenvalue weighted by atomic mass is 32.2. The Labute approximate surface area is 138 Å². The molecule has 2 fully saturated rings. The van der Waals surface area contributed by atoms with Crippen LogP contribution in [-0.4, -0.2) is 37.1 Å². The van der Waals surface area contributed by atoms with Crippen LogP contribution in [0.2, 0.25) is 0 Å². The van der Waals surface area contributed by atoms with Crippen LogP contribution in [0.5, 0.6) is 0 Å². The summed E-state index contributed by atoms with van der Waals surface area (Å²) in [6.45, 7) is 5.10. The van der Waals surface area contributed by atoms with E-state index in [1.807, 2.05) is 26.0 Å². The number of carbonyl (C=O) groups excluding carboxylic acids is 1. The molecule has 1 aromatic rings. The molecule has 1 heterocycles. The first-order chi connectivity index (χ1) is 10.9. The SMILES string of the molecule is Cc1ccc(C)c(S(=O)(=O)C2(C(=O)N3CCCC3)CCCC2)c1. The summed E-state index contributed by atoms with van der Waals surface area (Å²) >= 11 is 0. The third kappa shape index (κ3) is 2.59. The van der Waals surface area contributed by atoms with E-state index in [9.17, 15) is 13.2 Å². The molecule has 23 heavy (non-hydrogen) atoms. The van der Waals surface area contributed by atoms with E-state index in [1.54, 1.807) is 11.0 Å². The Balaban J connectivity index is 2.09. The maximum absolute atomic E-state index is 13.5. The van der Waals surface area contributed by atoms with E-state index in [2.05, 4.69) is 0 Å². The first kappa shape index (κ1) is 16.5. The number of hydrogen-bond acceptors (Lipinski definition) is 3. The lowest BCUT2D eigenvalue weighted by atomic mass is 10.1. The second-order valence-corrected chi connectivity index (χ2v) is 9.20. The molecule has 5 heteroatoms. The van der Waals surface area contributed by atoms with Crippen LogP contribution in [0.1, 0.15) is 49.7 Å². The molecular weight excluding hydrogens is 310 g/mol. The summed E-state index contributed by atoms with van der Waals surface area (Å²) in [5.74, 6) is -0.159. The van der Waals surface area contributed by atoms with E-state index < -0.39 is 14.6 Å². The van der Waals surface area contributed by atoms with Crippen LogP contribution in [-0.2, 0) is 14.6 Å². The van der Waals surface area contributed by atoms with Crippen LogP contribution in [0.15, 0.2) is 23.1 Å². The van der Waals surface area contributed by atoms with Crippen molar-refractivity contribution >= 4 is 15.7 Å². The molecule has 3 rings (SSSR count). The summed E-state index contributed by atoms with van der Waals surface area (Å²) in [5, 5.41) is 0. The van der Waals surface area contributed by atoms with E-state index in [4.69, 9.17) is 0 Å². The molecule has 0 radical (unpaired) electrons. The fraction of sp³-hybridized carbons (Fsp3) is 0.611. The van der Waals surface area contributed by atoms with E-state index in [1.165, 1.54) is 0 Å². The first-order valence-corrected chi connectivity index (χ1v) is 9.98. The van der Waals surface area contributed by atoms with E-state index in [0.29, 0.717) is 30.8 Å². The van der Waals surface area contributed by atoms with Crippen LogP contribution in [0.3, 0.4) is 0 Å². The highest BCUT2D eigenvalue weighted by Crippen LogP contribution is 2.43. The van der Waals surface area contributed by atoms with Gasteiger partial charge in [0.25, 0.3) is 0 Å². The summed E-state index contributed by atoms with van der Waals surface area (Å²) < 4.78 is 25.7. The average Bonchev–Trinajstić information content (AvgIpc) is 3.20. The van der Waals surface area contributed by atoms with Gasteiger partial charge in [0.15, 0.2) is 14.6 Å². The van der Waals surface area contributed by atoms with Gasteiger partial charge in [-0.1, -0.05) is 25.0 Å². The number of rotatable bonds is 3. The zero-order chi connectivity index (χ0) is 16.7. The molecular formula is C18H25NO3S. The second kappa shape index (κ2) is 5.93. The van der Waals surface area contributed by atoms with Crippen molar-refractivity contribution < 1.29 is 13.2 Å². The number of nitrogens with zero attached hydrogens (tertiary/aromatic N) is 1. The Morgan fingerprint density at radius 2 is 1.65 bits per heavy atom. The Morgan fingerprint density at radius 3 is 2.26 bits per heavy atom. The fourth-order valence-electron chi connectivity index (χ4n) is 3.96. The maximum Gasteiger partial charge on any atom is 0.244 e. The lowest BCUT2D eigenvalue weighted by Crippen LogP contribution is -2.51. The van der Waals surface area contributed by atoms with E-state index in [0.717, 1.165) is 36.8 Å². The molecule has 1 aliphatic heterocycles. The quantitative estimate of drug-likeness (QED) is 0.853. The third-order valence-corrected chi connectivity index (χ3v) is 7.97. The summed E-state index contributed by atoms with van der Waals surface area (Å²) in [5.41, 5.74) is 1.65. The van der Waals surface area contributed by atoms with Gasteiger partial charge in [-0.3, -0.25) is 4.79 Å². The van der Waals surface area contributed by atoms with Crippen molar-refractivity contribution in [1.82, 2.24) is 4.90 Å². The van der Waals surface area contributed by atoms with Gasteiger partial charge in [-0.15, -0.1) is 0 Å². The normalized spacial score (nSPS) is 20.9. The second-order valence-electron chi connectivity index (χ2n) is 6.97. The molecule has 0 unspecified atom stereocenters. The molecule has 1 saturated carbocycles. The number of amides is 1. The van der Waals surface area contributed by atoms with Crippen LogP contribution < -0.4 is 0 Å². The molecule has 126 valence electrons. The molecule has 4 nitrogen and oxygen atoms in total. The smallest absolute Gasteiger partial charge is 0.244 e. The minimum absolute atomic E-state index is 0.159. The van der Waals surface area contributed by atoms with Crippen molar-refractivity contribution in [1.29, 1.82) is 0 Å². The Bertz CT molecular complexity index is 712. The molecule has 1 amide bonds. The van der Waals surface area contributed by atoms with Crippen LogP contribution in [0.25, 0.3) is 0 Å². The lowest BCUT2D eigenvalue weighted by Gasteiger charge is -2.32. The largest absolute Gasteiger partial charge is 0.341 e. The van der Waals surface area contributed by atoms with Gasteiger partial charge in [-0.25, -0.2) is 8.42 Å². The molecule has 1 aliphatic carbocycles. The zero-order valence-corrected chi connectivity index (χ0v) is 14.8. The van der Waals surface area contributed by atoms with Crippen molar-refractivity contribution in [2.75, 3.05) is 13.1 Å². The number of benzene rings is 1. The summed E-state index contributed by atoms with van der Waals surface area (Å²) in [4.78, 5) is 15.2. The summed E-state index contributed by atoms with van der Waals surface area (Å²) in [6, 6.07) is 5.48. The molecule has 1 saturated heterocycles. The van der Waals surface area contributed by atoms with Gasteiger partial charge in [0, 0.05) is 13.1 Å². The van der Waals surface area contributed by atoms with Gasteiger partial charge in [-0.2, -0.15) is 0 Å². The maximum atomic E-state index is 13.5. The number of likely N-dealkylation sites (tertiary alicyclic amines) is 1. The molecule has 0 aromatic heterocycles. The van der Waals surface area contributed by atoms with Crippen molar-refractivity contribution in [3.63, 3.8) is 0 Å². The van der Waals surface area contributed by atoms with Crippen LogP contribution in [0.4, 0.5) is 0 Å².